The van der Waals surface area contributed by atoms with Crippen molar-refractivity contribution in [1.82, 2.24) is 0 Å². The second-order valence-corrected chi connectivity index (χ2v) is 4.75. The number of hydrogen-bond acceptors (Lipinski definition) is 1. The first-order chi connectivity index (χ1) is 4.89. The lowest BCUT2D eigenvalue weighted by molar-refractivity contribution is 0.123. The fraction of sp³-hybridized carbons (Fsp3) is 1.00. The molecule has 0 aliphatic rings. The van der Waals surface area contributed by atoms with Crippen LogP contribution in [0.5, 0.6) is 0 Å². The fourth-order valence-electron chi connectivity index (χ4n) is 1.17. The lowest BCUT2D eigenvalue weighted by atomic mass is 9.80. The Bertz CT molecular complexity index is 105. The molecule has 0 aliphatic carbocycles. The summed E-state index contributed by atoms with van der Waals surface area (Å²) in [4.78, 5) is 0. The zero-order valence-electron chi connectivity index (χ0n) is 8.52. The van der Waals surface area contributed by atoms with Crippen molar-refractivity contribution in [3.8, 4) is 0 Å². The molecular formula is C10H22O. The second-order valence-electron chi connectivity index (χ2n) is 4.75. The summed E-state index contributed by atoms with van der Waals surface area (Å²) < 4.78 is 0. The van der Waals surface area contributed by atoms with Gasteiger partial charge in [-0.15, -0.1) is 0 Å². The summed E-state index contributed by atoms with van der Waals surface area (Å²) in [6, 6.07) is 0. The SMILES string of the molecule is CC(C)C(C)CC(C)(C)CO. The van der Waals surface area contributed by atoms with Crippen molar-refractivity contribution in [2.24, 2.45) is 17.3 Å². The van der Waals surface area contributed by atoms with Gasteiger partial charge in [-0.2, -0.15) is 0 Å². The van der Waals surface area contributed by atoms with Gasteiger partial charge in [0.15, 0.2) is 0 Å². The molecule has 1 atom stereocenters. The molecular weight excluding hydrogens is 136 g/mol. The van der Waals surface area contributed by atoms with Crippen LogP contribution >= 0.6 is 0 Å². The molecule has 1 N–H and O–H groups in total. The Hall–Kier alpha value is -0.0400. The molecule has 0 saturated heterocycles. The van der Waals surface area contributed by atoms with E-state index in [0.29, 0.717) is 12.5 Å². The molecule has 11 heavy (non-hydrogen) atoms. The van der Waals surface area contributed by atoms with Crippen molar-refractivity contribution < 1.29 is 5.11 Å². The highest BCUT2D eigenvalue weighted by molar-refractivity contribution is 4.71. The highest BCUT2D eigenvalue weighted by atomic mass is 16.3. The summed E-state index contributed by atoms with van der Waals surface area (Å²) >= 11 is 0. The molecule has 0 spiro atoms. The Balaban J connectivity index is 3.83. The third-order valence-electron chi connectivity index (χ3n) is 2.44. The Labute approximate surface area is 70.8 Å². The van der Waals surface area contributed by atoms with E-state index in [-0.39, 0.29) is 5.41 Å². The molecule has 0 bridgehead atoms. The van der Waals surface area contributed by atoms with Crippen LogP contribution in [0, 0.1) is 17.3 Å². The summed E-state index contributed by atoms with van der Waals surface area (Å²) in [7, 11) is 0. The zero-order chi connectivity index (χ0) is 9.07. The van der Waals surface area contributed by atoms with Crippen molar-refractivity contribution in [2.45, 2.75) is 41.0 Å². The van der Waals surface area contributed by atoms with Crippen LogP contribution in [0.3, 0.4) is 0 Å². The number of rotatable bonds is 4. The average molecular weight is 158 g/mol. The van der Waals surface area contributed by atoms with Gasteiger partial charge in [-0.25, -0.2) is 0 Å². The van der Waals surface area contributed by atoms with Gasteiger partial charge in [0.1, 0.15) is 0 Å². The van der Waals surface area contributed by atoms with Gasteiger partial charge in [0.25, 0.3) is 0 Å². The Kier molecular flexibility index (Phi) is 4.09. The van der Waals surface area contributed by atoms with Crippen LogP contribution < -0.4 is 0 Å². The van der Waals surface area contributed by atoms with Gasteiger partial charge in [-0.3, -0.25) is 0 Å². The van der Waals surface area contributed by atoms with Gasteiger partial charge in [0.2, 0.25) is 0 Å². The summed E-state index contributed by atoms with van der Waals surface area (Å²) in [5.74, 6) is 1.43. The van der Waals surface area contributed by atoms with E-state index >= 15 is 0 Å². The van der Waals surface area contributed by atoms with Crippen molar-refractivity contribution in [2.75, 3.05) is 6.61 Å². The van der Waals surface area contributed by atoms with Crippen LogP contribution in [-0.4, -0.2) is 11.7 Å². The predicted molar refractivity (Wildman–Crippen MR) is 49.5 cm³/mol. The average Bonchev–Trinajstić information content (AvgIpc) is 1.87. The zero-order valence-corrected chi connectivity index (χ0v) is 8.52. The standard InChI is InChI=1S/C10H22O/c1-8(2)9(3)6-10(4,5)7-11/h8-9,11H,6-7H2,1-5H3. The normalized spacial score (nSPS) is 15.5. The molecule has 0 amide bonds. The molecule has 0 aromatic rings. The first-order valence-corrected chi connectivity index (χ1v) is 4.50. The van der Waals surface area contributed by atoms with Gasteiger partial charge in [0.05, 0.1) is 0 Å². The van der Waals surface area contributed by atoms with Crippen molar-refractivity contribution in [3.63, 3.8) is 0 Å². The molecule has 0 fully saturated rings. The molecule has 1 unspecified atom stereocenters. The summed E-state index contributed by atoms with van der Waals surface area (Å²) in [6.45, 7) is 11.3. The maximum Gasteiger partial charge on any atom is 0.0482 e. The minimum Gasteiger partial charge on any atom is -0.396 e. The van der Waals surface area contributed by atoms with Crippen LogP contribution in [0.25, 0.3) is 0 Å². The topological polar surface area (TPSA) is 20.2 Å². The van der Waals surface area contributed by atoms with Crippen LogP contribution in [0.2, 0.25) is 0 Å². The molecule has 1 heteroatoms. The predicted octanol–water partition coefficient (Wildman–Crippen LogP) is 2.69. The molecule has 0 aromatic carbocycles. The van der Waals surface area contributed by atoms with E-state index in [4.69, 9.17) is 5.11 Å². The molecule has 0 heterocycles. The van der Waals surface area contributed by atoms with Crippen LogP contribution in [-0.2, 0) is 0 Å². The van der Waals surface area contributed by atoms with Crippen LogP contribution in [0.4, 0.5) is 0 Å². The van der Waals surface area contributed by atoms with E-state index in [1.54, 1.807) is 0 Å². The summed E-state index contributed by atoms with van der Waals surface area (Å²) in [5, 5.41) is 9.02. The first-order valence-electron chi connectivity index (χ1n) is 4.50. The summed E-state index contributed by atoms with van der Waals surface area (Å²) in [6.07, 6.45) is 1.11. The molecule has 0 aromatic heterocycles. The fourth-order valence-corrected chi connectivity index (χ4v) is 1.17. The number of aliphatic hydroxyl groups excluding tert-OH is 1. The van der Waals surface area contributed by atoms with Crippen molar-refractivity contribution >= 4 is 0 Å². The van der Waals surface area contributed by atoms with Gasteiger partial charge in [-0.05, 0) is 23.7 Å². The number of aliphatic hydroxyl groups is 1. The summed E-state index contributed by atoms with van der Waals surface area (Å²) in [5.41, 5.74) is 0.101. The van der Waals surface area contributed by atoms with Crippen LogP contribution in [0.1, 0.15) is 41.0 Å². The molecule has 68 valence electrons. The number of hydrogen-bond donors (Lipinski definition) is 1. The lowest BCUT2D eigenvalue weighted by Gasteiger charge is -2.27. The lowest BCUT2D eigenvalue weighted by Crippen LogP contribution is -2.22. The van der Waals surface area contributed by atoms with Crippen LogP contribution in [0.15, 0.2) is 0 Å². The smallest absolute Gasteiger partial charge is 0.0482 e. The van der Waals surface area contributed by atoms with Gasteiger partial charge < -0.3 is 5.11 Å². The van der Waals surface area contributed by atoms with Crippen molar-refractivity contribution in [1.29, 1.82) is 0 Å². The highest BCUT2D eigenvalue weighted by Crippen LogP contribution is 2.28. The largest absolute Gasteiger partial charge is 0.396 e. The second kappa shape index (κ2) is 4.10. The molecule has 1 nitrogen and oxygen atoms in total. The molecule has 0 rings (SSSR count). The monoisotopic (exact) mass is 158 g/mol. The maximum absolute atomic E-state index is 9.02. The maximum atomic E-state index is 9.02. The third-order valence-corrected chi connectivity index (χ3v) is 2.44. The van der Waals surface area contributed by atoms with E-state index in [9.17, 15) is 0 Å². The van der Waals surface area contributed by atoms with Gasteiger partial charge >= 0.3 is 0 Å². The van der Waals surface area contributed by atoms with Crippen molar-refractivity contribution in [3.05, 3.63) is 0 Å². The van der Waals surface area contributed by atoms with Gasteiger partial charge in [-0.1, -0.05) is 34.6 Å². The van der Waals surface area contributed by atoms with E-state index in [2.05, 4.69) is 34.6 Å². The van der Waals surface area contributed by atoms with E-state index in [1.165, 1.54) is 0 Å². The van der Waals surface area contributed by atoms with E-state index in [0.717, 1.165) is 12.3 Å². The Morgan fingerprint density at radius 1 is 1.18 bits per heavy atom. The molecule has 0 saturated carbocycles. The molecule has 0 radical (unpaired) electrons. The van der Waals surface area contributed by atoms with E-state index in [1.807, 2.05) is 0 Å². The first kappa shape index (κ1) is 11.0. The quantitative estimate of drug-likeness (QED) is 0.667. The highest BCUT2D eigenvalue weighted by Gasteiger charge is 2.21. The minimum atomic E-state index is 0.101. The third kappa shape index (κ3) is 4.41. The Morgan fingerprint density at radius 3 is 1.91 bits per heavy atom. The Morgan fingerprint density at radius 2 is 1.64 bits per heavy atom. The minimum absolute atomic E-state index is 0.101. The molecule has 0 aliphatic heterocycles. The van der Waals surface area contributed by atoms with Gasteiger partial charge in [0, 0.05) is 6.61 Å². The van der Waals surface area contributed by atoms with E-state index < -0.39 is 0 Å².